The van der Waals surface area contributed by atoms with Crippen LogP contribution in [0.25, 0.3) is 22.9 Å². The topological polar surface area (TPSA) is 95.1 Å². The van der Waals surface area contributed by atoms with Crippen LogP contribution < -0.4 is 10.9 Å². The molecule has 0 fully saturated rings. The number of H-pyrrole nitrogens is 1. The smallest absolute Gasteiger partial charge is 0.274 e. The Hall–Kier alpha value is -4.19. The average Bonchev–Trinajstić information content (AvgIpc) is 2.75. The van der Waals surface area contributed by atoms with Gasteiger partial charge in [-0.15, -0.1) is 0 Å². The molecule has 4 aromatic rings. The van der Waals surface area contributed by atoms with Gasteiger partial charge in [-0.1, -0.05) is 42.5 Å². The summed E-state index contributed by atoms with van der Waals surface area (Å²) in [5, 5.41) is 13.4. The van der Waals surface area contributed by atoms with Crippen LogP contribution in [0.4, 0.5) is 5.69 Å². The van der Waals surface area contributed by atoms with Gasteiger partial charge in [0.25, 0.3) is 11.5 Å². The molecule has 0 saturated carbocycles. The number of rotatable bonds is 4. The molecular weight excluding hydrogens is 366 g/mol. The summed E-state index contributed by atoms with van der Waals surface area (Å²) >= 11 is 0. The minimum atomic E-state index is -0.416. The Morgan fingerprint density at radius 2 is 1.62 bits per heavy atom. The number of aromatic amines is 1. The normalized spacial score (nSPS) is 11.4. The molecule has 4 rings (SSSR count). The first-order valence-corrected chi connectivity index (χ1v) is 8.97. The zero-order valence-electron chi connectivity index (χ0n) is 15.3. The fourth-order valence-electron chi connectivity index (χ4n) is 2.95. The highest BCUT2D eigenvalue weighted by Gasteiger charge is 2.12. The van der Waals surface area contributed by atoms with Crippen molar-refractivity contribution in [2.45, 2.75) is 0 Å². The second kappa shape index (κ2) is 7.82. The first-order valence-electron chi connectivity index (χ1n) is 8.97. The van der Waals surface area contributed by atoms with Gasteiger partial charge in [0.05, 0.1) is 16.7 Å². The van der Waals surface area contributed by atoms with Crippen molar-refractivity contribution in [2.75, 3.05) is 5.32 Å². The zero-order chi connectivity index (χ0) is 20.2. The number of hydrogen-bond acceptors (Lipinski definition) is 4. The fraction of sp³-hybridized carbons (Fsp3) is 0. The Labute approximate surface area is 166 Å². The van der Waals surface area contributed by atoms with Crippen LogP contribution in [0.2, 0.25) is 0 Å². The summed E-state index contributed by atoms with van der Waals surface area (Å²) in [6, 6.07) is 22.7. The highest BCUT2D eigenvalue weighted by Crippen LogP contribution is 2.24. The van der Waals surface area contributed by atoms with Crippen LogP contribution >= 0.6 is 0 Å². The summed E-state index contributed by atoms with van der Waals surface area (Å²) in [7, 11) is 0. The number of fused-ring (bicyclic) bond motifs is 1. The lowest BCUT2D eigenvalue weighted by Crippen LogP contribution is -2.13. The monoisotopic (exact) mass is 383 g/mol. The van der Waals surface area contributed by atoms with Gasteiger partial charge in [-0.25, -0.2) is 4.98 Å². The molecule has 1 aromatic heterocycles. The molecule has 142 valence electrons. The summed E-state index contributed by atoms with van der Waals surface area (Å²) in [6.07, 6.45) is 1.29. The van der Waals surface area contributed by atoms with Crippen molar-refractivity contribution in [2.24, 2.45) is 0 Å². The number of aromatic nitrogens is 2. The van der Waals surface area contributed by atoms with Crippen LogP contribution in [0.1, 0.15) is 21.6 Å². The fourth-order valence-corrected chi connectivity index (χ4v) is 2.95. The molecule has 3 N–H and O–H groups in total. The summed E-state index contributed by atoms with van der Waals surface area (Å²) in [5.74, 6) is -0.477. The van der Waals surface area contributed by atoms with Gasteiger partial charge in [-0.3, -0.25) is 9.59 Å². The van der Waals surface area contributed by atoms with E-state index in [1.54, 1.807) is 66.7 Å². The van der Waals surface area contributed by atoms with Gasteiger partial charge in [0, 0.05) is 17.2 Å². The van der Waals surface area contributed by atoms with Crippen LogP contribution in [0.15, 0.2) is 83.7 Å². The number of amides is 1. The van der Waals surface area contributed by atoms with Gasteiger partial charge in [0.2, 0.25) is 0 Å². The van der Waals surface area contributed by atoms with E-state index < -0.39 is 5.56 Å². The van der Waals surface area contributed by atoms with E-state index >= 15 is 0 Å². The third-order valence-corrected chi connectivity index (χ3v) is 4.39. The number of para-hydroxylation sites is 3. The van der Waals surface area contributed by atoms with Gasteiger partial charge < -0.3 is 15.4 Å². The Morgan fingerprint density at radius 1 is 0.931 bits per heavy atom. The Bertz CT molecular complexity index is 1280. The molecule has 0 aliphatic rings. The number of hydrogen-bond donors (Lipinski definition) is 3. The molecule has 0 saturated heterocycles. The molecule has 0 atom stereocenters. The molecule has 0 spiro atoms. The zero-order valence-corrected chi connectivity index (χ0v) is 15.3. The first kappa shape index (κ1) is 18.2. The standard InChI is InChI=1S/C23H17N3O3/c27-21(14-20-23(29)26-19-13-7-6-12-18(19)24-20)16-10-4-5-11-17(16)25-22(28)15-8-2-1-3-9-15/h1-14,27H,(H,25,28)(H,26,29)/b21-14-. The third kappa shape index (κ3) is 3.91. The van der Waals surface area contributed by atoms with Crippen LogP contribution in [0.5, 0.6) is 0 Å². The molecular formula is C23H17N3O3. The number of aliphatic hydroxyl groups is 1. The molecule has 0 unspecified atom stereocenters. The van der Waals surface area contributed by atoms with E-state index in [4.69, 9.17) is 0 Å². The predicted molar refractivity (Wildman–Crippen MR) is 114 cm³/mol. The Kier molecular flexibility index (Phi) is 4.90. The van der Waals surface area contributed by atoms with Crippen LogP contribution in [0, 0.1) is 0 Å². The van der Waals surface area contributed by atoms with Crippen molar-refractivity contribution < 1.29 is 9.90 Å². The van der Waals surface area contributed by atoms with Crippen LogP contribution in [-0.2, 0) is 0 Å². The van der Waals surface area contributed by atoms with Gasteiger partial charge in [0.1, 0.15) is 11.5 Å². The number of nitrogens with zero attached hydrogens (tertiary/aromatic N) is 1. The van der Waals surface area contributed by atoms with Crippen LogP contribution in [-0.4, -0.2) is 21.0 Å². The first-order chi connectivity index (χ1) is 14.1. The molecule has 29 heavy (non-hydrogen) atoms. The molecule has 1 heterocycles. The third-order valence-electron chi connectivity index (χ3n) is 4.39. The lowest BCUT2D eigenvalue weighted by Gasteiger charge is -2.11. The molecule has 6 heteroatoms. The van der Waals surface area contributed by atoms with E-state index in [1.165, 1.54) is 6.08 Å². The van der Waals surface area contributed by atoms with Crippen molar-refractivity contribution in [3.8, 4) is 0 Å². The SMILES string of the molecule is O=C(Nc1ccccc1/C(O)=C/c1nc2ccccc2[nH]c1=O)c1ccccc1. The van der Waals surface area contributed by atoms with Gasteiger partial charge in [-0.05, 0) is 36.4 Å². The molecule has 3 aromatic carbocycles. The predicted octanol–water partition coefficient (Wildman–Crippen LogP) is 4.23. The average molecular weight is 383 g/mol. The molecule has 6 nitrogen and oxygen atoms in total. The lowest BCUT2D eigenvalue weighted by atomic mass is 10.1. The van der Waals surface area contributed by atoms with E-state index in [0.717, 1.165) is 0 Å². The van der Waals surface area contributed by atoms with Crippen molar-refractivity contribution in [3.63, 3.8) is 0 Å². The second-order valence-corrected chi connectivity index (χ2v) is 6.36. The Balaban J connectivity index is 1.69. The molecule has 1 amide bonds. The van der Waals surface area contributed by atoms with Gasteiger partial charge >= 0.3 is 0 Å². The van der Waals surface area contributed by atoms with Crippen molar-refractivity contribution in [1.82, 2.24) is 9.97 Å². The highest BCUT2D eigenvalue weighted by atomic mass is 16.3. The van der Waals surface area contributed by atoms with Gasteiger partial charge in [-0.2, -0.15) is 0 Å². The summed E-state index contributed by atoms with van der Waals surface area (Å²) in [6.45, 7) is 0. The molecule has 0 bridgehead atoms. The van der Waals surface area contributed by atoms with E-state index in [2.05, 4.69) is 15.3 Å². The minimum absolute atomic E-state index is 0.0744. The van der Waals surface area contributed by atoms with Gasteiger partial charge in [0.15, 0.2) is 0 Å². The van der Waals surface area contributed by atoms with Crippen molar-refractivity contribution in [3.05, 3.63) is 106 Å². The number of anilines is 1. The second-order valence-electron chi connectivity index (χ2n) is 6.36. The van der Waals surface area contributed by atoms with Crippen molar-refractivity contribution >= 4 is 34.5 Å². The Morgan fingerprint density at radius 3 is 2.45 bits per heavy atom. The highest BCUT2D eigenvalue weighted by molar-refractivity contribution is 6.05. The maximum Gasteiger partial charge on any atom is 0.274 e. The summed E-state index contributed by atoms with van der Waals surface area (Å²) in [4.78, 5) is 31.8. The lowest BCUT2D eigenvalue weighted by molar-refractivity contribution is 0.102. The quantitative estimate of drug-likeness (QED) is 0.460. The summed E-state index contributed by atoms with van der Waals surface area (Å²) < 4.78 is 0. The number of aliphatic hydroxyl groups excluding tert-OH is 1. The van der Waals surface area contributed by atoms with Crippen LogP contribution in [0.3, 0.4) is 0 Å². The van der Waals surface area contributed by atoms with E-state index in [9.17, 15) is 14.7 Å². The van der Waals surface area contributed by atoms with E-state index in [1.807, 2.05) is 12.1 Å². The summed E-state index contributed by atoms with van der Waals surface area (Å²) in [5.41, 5.74) is 2.18. The number of carbonyl (C=O) groups is 1. The molecule has 0 radical (unpaired) electrons. The number of carbonyl (C=O) groups excluding carboxylic acids is 1. The maximum absolute atomic E-state index is 12.5. The molecule has 0 aliphatic heterocycles. The number of nitrogens with one attached hydrogen (secondary N) is 2. The largest absolute Gasteiger partial charge is 0.507 e. The number of benzene rings is 3. The minimum Gasteiger partial charge on any atom is -0.507 e. The van der Waals surface area contributed by atoms with Crippen molar-refractivity contribution in [1.29, 1.82) is 0 Å². The van der Waals surface area contributed by atoms with E-state index in [0.29, 0.717) is 27.8 Å². The van der Waals surface area contributed by atoms with E-state index in [-0.39, 0.29) is 17.4 Å². The maximum atomic E-state index is 12.5. The molecule has 0 aliphatic carbocycles.